The Morgan fingerprint density at radius 1 is 1.04 bits per heavy atom. The predicted octanol–water partition coefficient (Wildman–Crippen LogP) is 4.10. The molecule has 0 fully saturated rings. The summed E-state index contributed by atoms with van der Waals surface area (Å²) >= 11 is 0. The van der Waals surface area contributed by atoms with Crippen LogP contribution in [-0.4, -0.2) is 15.7 Å². The average Bonchev–Trinajstić information content (AvgIpc) is 2.94. The molecule has 0 aliphatic carbocycles. The van der Waals surface area contributed by atoms with E-state index in [0.29, 0.717) is 11.4 Å². The number of nitrogens with one attached hydrogen (secondary N) is 1. The van der Waals surface area contributed by atoms with Gasteiger partial charge in [-0.15, -0.1) is 0 Å². The summed E-state index contributed by atoms with van der Waals surface area (Å²) in [6, 6.07) is 13.5. The smallest absolute Gasteiger partial charge is 0.273 e. The van der Waals surface area contributed by atoms with Gasteiger partial charge in [-0.05, 0) is 61.4 Å². The molecule has 0 saturated carbocycles. The summed E-state index contributed by atoms with van der Waals surface area (Å²) in [5, 5.41) is 7.17. The van der Waals surface area contributed by atoms with Gasteiger partial charge in [0.05, 0.1) is 5.69 Å². The molecule has 1 aromatic heterocycles. The quantitative estimate of drug-likeness (QED) is 0.789. The molecule has 0 aliphatic rings. The fourth-order valence-corrected chi connectivity index (χ4v) is 2.45. The summed E-state index contributed by atoms with van der Waals surface area (Å²) in [6.45, 7) is 4.10. The van der Waals surface area contributed by atoms with Gasteiger partial charge in [0.2, 0.25) is 0 Å². The molecule has 3 aromatic rings. The van der Waals surface area contributed by atoms with Crippen LogP contribution in [0.25, 0.3) is 11.3 Å². The number of halogens is 1. The zero-order valence-electron chi connectivity index (χ0n) is 13.8. The molecule has 0 radical (unpaired) electrons. The Kier molecular flexibility index (Phi) is 4.16. The van der Waals surface area contributed by atoms with Crippen molar-refractivity contribution in [2.24, 2.45) is 7.05 Å². The lowest BCUT2D eigenvalue weighted by molar-refractivity contribution is 0.101. The van der Waals surface area contributed by atoms with Crippen molar-refractivity contribution in [3.05, 3.63) is 71.2 Å². The van der Waals surface area contributed by atoms with Crippen molar-refractivity contribution < 1.29 is 9.18 Å². The molecule has 0 aliphatic heterocycles. The lowest BCUT2D eigenvalue weighted by Gasteiger charge is -2.04. The predicted molar refractivity (Wildman–Crippen MR) is 92.5 cm³/mol. The van der Waals surface area contributed by atoms with E-state index < -0.39 is 0 Å². The number of nitrogens with zero attached hydrogens (tertiary/aromatic N) is 2. The van der Waals surface area contributed by atoms with E-state index >= 15 is 0 Å². The molecule has 4 nitrogen and oxygen atoms in total. The van der Waals surface area contributed by atoms with Crippen LogP contribution >= 0.6 is 0 Å². The summed E-state index contributed by atoms with van der Waals surface area (Å²) < 4.78 is 14.5. The van der Waals surface area contributed by atoms with Crippen LogP contribution in [0.2, 0.25) is 0 Å². The number of anilines is 1. The second-order valence-electron chi connectivity index (χ2n) is 5.80. The van der Waals surface area contributed by atoms with Crippen molar-refractivity contribution in [3.63, 3.8) is 0 Å². The minimum absolute atomic E-state index is 0.285. The summed E-state index contributed by atoms with van der Waals surface area (Å²) in [5.41, 5.74) is 5.07. The standard InChI is InChI=1S/C19H18FN3O/c1-12-4-5-14(10-13(12)2)17-11-18(23(3)22-17)19(24)21-16-8-6-15(20)7-9-16/h4-11H,1-3H3,(H,21,24). The highest BCUT2D eigenvalue weighted by atomic mass is 19.1. The molecule has 24 heavy (non-hydrogen) atoms. The van der Waals surface area contributed by atoms with E-state index in [1.54, 1.807) is 17.8 Å². The van der Waals surface area contributed by atoms with Crippen molar-refractivity contribution in [2.45, 2.75) is 13.8 Å². The third-order valence-corrected chi connectivity index (χ3v) is 4.02. The van der Waals surface area contributed by atoms with Crippen LogP contribution in [0, 0.1) is 19.7 Å². The molecular weight excluding hydrogens is 305 g/mol. The number of rotatable bonds is 3. The van der Waals surface area contributed by atoms with Crippen LogP contribution in [-0.2, 0) is 7.05 Å². The topological polar surface area (TPSA) is 46.9 Å². The van der Waals surface area contributed by atoms with Crippen molar-refractivity contribution in [1.82, 2.24) is 9.78 Å². The average molecular weight is 323 g/mol. The monoisotopic (exact) mass is 323 g/mol. The van der Waals surface area contributed by atoms with Gasteiger partial charge in [0.15, 0.2) is 0 Å². The molecular formula is C19H18FN3O. The first-order valence-electron chi connectivity index (χ1n) is 7.62. The zero-order valence-corrected chi connectivity index (χ0v) is 13.8. The van der Waals surface area contributed by atoms with Crippen LogP contribution < -0.4 is 5.32 Å². The molecule has 122 valence electrons. The van der Waals surface area contributed by atoms with Crippen LogP contribution in [0.5, 0.6) is 0 Å². The van der Waals surface area contributed by atoms with Gasteiger partial charge in [-0.25, -0.2) is 4.39 Å². The van der Waals surface area contributed by atoms with Gasteiger partial charge in [0, 0.05) is 18.3 Å². The fourth-order valence-electron chi connectivity index (χ4n) is 2.45. The van der Waals surface area contributed by atoms with E-state index in [1.165, 1.54) is 35.4 Å². The van der Waals surface area contributed by atoms with Crippen molar-refractivity contribution >= 4 is 11.6 Å². The maximum absolute atomic E-state index is 12.9. The molecule has 1 N–H and O–H groups in total. The highest BCUT2D eigenvalue weighted by Gasteiger charge is 2.15. The normalized spacial score (nSPS) is 10.7. The number of hydrogen-bond acceptors (Lipinski definition) is 2. The third kappa shape index (κ3) is 3.20. The van der Waals surface area contributed by atoms with E-state index in [1.807, 2.05) is 19.1 Å². The molecule has 5 heteroatoms. The SMILES string of the molecule is Cc1ccc(-c2cc(C(=O)Nc3ccc(F)cc3)n(C)n2)cc1C. The minimum Gasteiger partial charge on any atom is -0.321 e. The number of aryl methyl sites for hydroxylation is 3. The van der Waals surface area contributed by atoms with Gasteiger partial charge >= 0.3 is 0 Å². The van der Waals surface area contributed by atoms with Crippen molar-refractivity contribution in [3.8, 4) is 11.3 Å². The molecule has 0 bridgehead atoms. The summed E-state index contributed by atoms with van der Waals surface area (Å²) in [7, 11) is 1.73. The van der Waals surface area contributed by atoms with Crippen LogP contribution in [0.4, 0.5) is 10.1 Å². The highest BCUT2D eigenvalue weighted by Crippen LogP contribution is 2.22. The Labute approximate surface area is 139 Å². The van der Waals surface area contributed by atoms with Gasteiger partial charge in [0.25, 0.3) is 5.91 Å². The first-order valence-corrected chi connectivity index (χ1v) is 7.62. The molecule has 2 aromatic carbocycles. The Morgan fingerprint density at radius 2 is 1.75 bits per heavy atom. The maximum atomic E-state index is 12.9. The van der Waals surface area contributed by atoms with E-state index in [9.17, 15) is 9.18 Å². The molecule has 0 spiro atoms. The van der Waals surface area contributed by atoms with E-state index in [-0.39, 0.29) is 11.7 Å². The van der Waals surface area contributed by atoms with Gasteiger partial charge in [-0.2, -0.15) is 5.10 Å². The van der Waals surface area contributed by atoms with Crippen LogP contribution in [0.1, 0.15) is 21.6 Å². The Morgan fingerprint density at radius 3 is 2.42 bits per heavy atom. The molecule has 0 atom stereocenters. The highest BCUT2D eigenvalue weighted by molar-refractivity contribution is 6.03. The van der Waals surface area contributed by atoms with E-state index in [0.717, 1.165) is 11.3 Å². The molecule has 3 rings (SSSR count). The lowest BCUT2D eigenvalue weighted by atomic mass is 10.0. The lowest BCUT2D eigenvalue weighted by Crippen LogP contribution is -2.15. The largest absolute Gasteiger partial charge is 0.321 e. The number of carbonyl (C=O) groups is 1. The van der Waals surface area contributed by atoms with E-state index in [2.05, 4.69) is 23.4 Å². The minimum atomic E-state index is -0.342. The van der Waals surface area contributed by atoms with Gasteiger partial charge in [-0.1, -0.05) is 12.1 Å². The fraction of sp³-hybridized carbons (Fsp3) is 0.158. The maximum Gasteiger partial charge on any atom is 0.273 e. The summed E-state index contributed by atoms with van der Waals surface area (Å²) in [4.78, 5) is 12.4. The number of carbonyl (C=O) groups excluding carboxylic acids is 1. The summed E-state index contributed by atoms with van der Waals surface area (Å²) in [5.74, 6) is -0.628. The molecule has 0 unspecified atom stereocenters. The van der Waals surface area contributed by atoms with Crippen LogP contribution in [0.3, 0.4) is 0 Å². The number of hydrogen-bond donors (Lipinski definition) is 1. The van der Waals surface area contributed by atoms with Gasteiger partial charge in [-0.3, -0.25) is 9.48 Å². The van der Waals surface area contributed by atoms with E-state index in [4.69, 9.17) is 0 Å². The van der Waals surface area contributed by atoms with Crippen LogP contribution in [0.15, 0.2) is 48.5 Å². The molecule has 1 amide bonds. The Bertz CT molecular complexity index is 897. The first kappa shape index (κ1) is 15.9. The zero-order chi connectivity index (χ0) is 17.3. The molecule has 0 saturated heterocycles. The second kappa shape index (κ2) is 6.28. The van der Waals surface area contributed by atoms with Crippen molar-refractivity contribution in [2.75, 3.05) is 5.32 Å². The number of amides is 1. The van der Waals surface area contributed by atoms with Crippen molar-refractivity contribution in [1.29, 1.82) is 0 Å². The Balaban J connectivity index is 1.86. The summed E-state index contributed by atoms with van der Waals surface area (Å²) in [6.07, 6.45) is 0. The third-order valence-electron chi connectivity index (χ3n) is 4.02. The van der Waals surface area contributed by atoms with Gasteiger partial charge < -0.3 is 5.32 Å². The second-order valence-corrected chi connectivity index (χ2v) is 5.80. The van der Waals surface area contributed by atoms with Gasteiger partial charge in [0.1, 0.15) is 11.5 Å². The number of benzene rings is 2. The molecule has 1 heterocycles. The first-order chi connectivity index (χ1) is 11.4. The number of aromatic nitrogens is 2. The Hall–Kier alpha value is -2.95.